The quantitative estimate of drug-likeness (QED) is 0.743. The number of hydrogen-bond donors (Lipinski definition) is 2. The van der Waals surface area contributed by atoms with Crippen LogP contribution in [-0.4, -0.2) is 10.8 Å². The molecular weight excluding hydrogens is 334 g/mol. The third kappa shape index (κ3) is 3.00. The lowest BCUT2D eigenvalue weighted by Crippen LogP contribution is -2.51. The van der Waals surface area contributed by atoms with Crippen LogP contribution in [0.15, 0.2) is 28.7 Å². The fourth-order valence-electron chi connectivity index (χ4n) is 3.07. The molecule has 20 heavy (non-hydrogen) atoms. The van der Waals surface area contributed by atoms with Crippen LogP contribution in [0.4, 0.5) is 5.69 Å². The molecule has 1 saturated heterocycles. The van der Waals surface area contributed by atoms with Gasteiger partial charge >= 0.3 is 0 Å². The largest absolute Gasteiger partial charge is 0.342 e. The highest BCUT2D eigenvalue weighted by molar-refractivity contribution is 9.10. The molecule has 0 radical (unpaired) electrons. The maximum Gasteiger partial charge on any atom is 0.189 e. The smallest absolute Gasteiger partial charge is 0.189 e. The summed E-state index contributed by atoms with van der Waals surface area (Å²) in [7, 11) is 0. The van der Waals surface area contributed by atoms with Gasteiger partial charge in [-0.05, 0) is 62.2 Å². The second kappa shape index (κ2) is 6.00. The van der Waals surface area contributed by atoms with Crippen molar-refractivity contribution < 1.29 is 0 Å². The number of rotatable bonds is 1. The van der Waals surface area contributed by atoms with Gasteiger partial charge in [0.1, 0.15) is 5.66 Å². The molecule has 1 aromatic carbocycles. The zero-order valence-corrected chi connectivity index (χ0v) is 13.9. The number of halogens is 1. The van der Waals surface area contributed by atoms with E-state index in [1.165, 1.54) is 32.1 Å². The van der Waals surface area contributed by atoms with Gasteiger partial charge in [0.25, 0.3) is 0 Å². The van der Waals surface area contributed by atoms with Gasteiger partial charge in [0, 0.05) is 4.47 Å². The molecule has 5 heteroatoms. The first-order chi connectivity index (χ1) is 9.69. The molecule has 0 atom stereocenters. The van der Waals surface area contributed by atoms with Crippen molar-refractivity contribution >= 4 is 38.9 Å². The Morgan fingerprint density at radius 3 is 2.25 bits per heavy atom. The molecule has 108 valence electrons. The van der Waals surface area contributed by atoms with Gasteiger partial charge in [-0.2, -0.15) is 0 Å². The van der Waals surface area contributed by atoms with Crippen molar-refractivity contribution in [2.24, 2.45) is 0 Å². The number of thiocarbonyl (C=S) groups is 1. The van der Waals surface area contributed by atoms with Crippen LogP contribution in [0.2, 0.25) is 0 Å². The first-order valence-corrected chi connectivity index (χ1v) is 8.54. The van der Waals surface area contributed by atoms with Gasteiger partial charge in [0.15, 0.2) is 5.11 Å². The van der Waals surface area contributed by atoms with Gasteiger partial charge in [0.2, 0.25) is 0 Å². The molecule has 0 bridgehead atoms. The van der Waals surface area contributed by atoms with Crippen LogP contribution < -0.4 is 15.8 Å². The van der Waals surface area contributed by atoms with Crippen LogP contribution in [-0.2, 0) is 0 Å². The molecule has 1 spiro atoms. The summed E-state index contributed by atoms with van der Waals surface area (Å²) < 4.78 is 1.08. The summed E-state index contributed by atoms with van der Waals surface area (Å²) in [5.74, 6) is 0. The Bertz CT molecular complexity index is 480. The minimum absolute atomic E-state index is 0.0371. The normalized spacial score (nSPS) is 22.4. The first kappa shape index (κ1) is 14.3. The monoisotopic (exact) mass is 353 g/mol. The molecule has 2 aliphatic rings. The average molecular weight is 354 g/mol. The molecule has 0 unspecified atom stereocenters. The van der Waals surface area contributed by atoms with Gasteiger partial charge in [0.05, 0.1) is 5.69 Å². The highest BCUT2D eigenvalue weighted by Crippen LogP contribution is 2.30. The van der Waals surface area contributed by atoms with Crippen LogP contribution >= 0.6 is 28.1 Å². The highest BCUT2D eigenvalue weighted by Gasteiger charge is 2.40. The van der Waals surface area contributed by atoms with Crippen LogP contribution in [0.3, 0.4) is 0 Å². The maximum absolute atomic E-state index is 5.53. The zero-order chi connectivity index (χ0) is 14.0. The minimum atomic E-state index is -0.0371. The first-order valence-electron chi connectivity index (χ1n) is 7.34. The fraction of sp³-hybridized carbons (Fsp3) is 0.533. The molecule has 3 rings (SSSR count). The predicted molar refractivity (Wildman–Crippen MR) is 90.5 cm³/mol. The molecule has 1 heterocycles. The Morgan fingerprint density at radius 2 is 1.60 bits per heavy atom. The Balaban J connectivity index is 1.78. The molecule has 1 saturated carbocycles. The number of nitrogens with one attached hydrogen (secondary N) is 2. The third-order valence-corrected chi connectivity index (χ3v) is 4.98. The summed E-state index contributed by atoms with van der Waals surface area (Å²) in [6.45, 7) is 0. The number of benzene rings is 1. The van der Waals surface area contributed by atoms with Crippen molar-refractivity contribution in [3.8, 4) is 0 Å². The van der Waals surface area contributed by atoms with E-state index in [1.807, 2.05) is 17.1 Å². The van der Waals surface area contributed by atoms with Gasteiger partial charge in [-0.25, -0.2) is 5.43 Å². The summed E-state index contributed by atoms with van der Waals surface area (Å²) in [5.41, 5.74) is 4.68. The van der Waals surface area contributed by atoms with E-state index in [0.717, 1.165) is 28.1 Å². The van der Waals surface area contributed by atoms with E-state index in [-0.39, 0.29) is 5.66 Å². The second-order valence-electron chi connectivity index (χ2n) is 5.70. The highest BCUT2D eigenvalue weighted by atomic mass is 79.9. The van der Waals surface area contributed by atoms with Crippen molar-refractivity contribution in [1.82, 2.24) is 10.7 Å². The van der Waals surface area contributed by atoms with Crippen LogP contribution in [0, 0.1) is 0 Å². The molecule has 3 nitrogen and oxygen atoms in total. The van der Waals surface area contributed by atoms with Crippen molar-refractivity contribution in [1.29, 1.82) is 0 Å². The summed E-state index contributed by atoms with van der Waals surface area (Å²) in [5, 5.41) is 6.34. The van der Waals surface area contributed by atoms with E-state index in [1.54, 1.807) is 0 Å². The molecule has 2 fully saturated rings. The van der Waals surface area contributed by atoms with E-state index in [0.29, 0.717) is 0 Å². The average Bonchev–Trinajstić information content (AvgIpc) is 2.74. The van der Waals surface area contributed by atoms with Crippen molar-refractivity contribution in [3.05, 3.63) is 28.7 Å². The molecule has 0 amide bonds. The lowest BCUT2D eigenvalue weighted by molar-refractivity contribution is 0.257. The third-order valence-electron chi connectivity index (χ3n) is 4.17. The second-order valence-corrected chi connectivity index (χ2v) is 7.01. The van der Waals surface area contributed by atoms with Gasteiger partial charge in [-0.1, -0.05) is 35.2 Å². The van der Waals surface area contributed by atoms with Gasteiger partial charge in [-0.15, -0.1) is 0 Å². The Labute approximate surface area is 134 Å². The summed E-state index contributed by atoms with van der Waals surface area (Å²) >= 11 is 9.00. The molecule has 2 N–H and O–H groups in total. The van der Waals surface area contributed by atoms with Crippen LogP contribution in [0.5, 0.6) is 0 Å². The molecule has 1 aliphatic heterocycles. The standard InChI is InChI=1S/C15H20BrN3S/c16-12-6-8-13(9-7-12)19-14(20)17-15(18-19)10-4-2-1-3-5-11-15/h6-9,18H,1-5,10-11H2,(H,17,20). The number of hydrogen-bond acceptors (Lipinski definition) is 2. The lowest BCUT2D eigenvalue weighted by atomic mass is 9.92. The molecule has 0 aromatic heterocycles. The number of nitrogens with zero attached hydrogens (tertiary/aromatic N) is 1. The van der Waals surface area contributed by atoms with Crippen molar-refractivity contribution in [3.63, 3.8) is 0 Å². The van der Waals surface area contributed by atoms with Crippen LogP contribution in [0.25, 0.3) is 0 Å². The number of hydrazine groups is 1. The maximum atomic E-state index is 5.53. The lowest BCUT2D eigenvalue weighted by Gasteiger charge is -2.31. The Hall–Kier alpha value is -0.650. The topological polar surface area (TPSA) is 27.3 Å². The molecule has 1 aromatic rings. The van der Waals surface area contributed by atoms with Crippen molar-refractivity contribution in [2.45, 2.75) is 50.6 Å². The molecule has 1 aliphatic carbocycles. The zero-order valence-electron chi connectivity index (χ0n) is 11.5. The summed E-state index contributed by atoms with van der Waals surface area (Å²) in [4.78, 5) is 0. The van der Waals surface area contributed by atoms with E-state index < -0.39 is 0 Å². The fourth-order valence-corrected chi connectivity index (χ4v) is 3.68. The Kier molecular flexibility index (Phi) is 4.29. The van der Waals surface area contributed by atoms with E-state index in [4.69, 9.17) is 12.2 Å². The van der Waals surface area contributed by atoms with Gasteiger partial charge in [-0.3, -0.25) is 5.01 Å². The summed E-state index contributed by atoms with van der Waals surface area (Å²) in [6, 6.07) is 8.24. The predicted octanol–water partition coefficient (Wildman–Crippen LogP) is 4.09. The van der Waals surface area contributed by atoms with E-state index >= 15 is 0 Å². The van der Waals surface area contributed by atoms with E-state index in [9.17, 15) is 0 Å². The summed E-state index contributed by atoms with van der Waals surface area (Å²) in [6.07, 6.45) is 8.83. The van der Waals surface area contributed by atoms with E-state index in [2.05, 4.69) is 38.8 Å². The van der Waals surface area contributed by atoms with Crippen molar-refractivity contribution in [2.75, 3.05) is 5.01 Å². The SMILES string of the molecule is S=C1NC2(CCCCCCC2)NN1c1ccc(Br)cc1. The van der Waals surface area contributed by atoms with Crippen LogP contribution in [0.1, 0.15) is 44.9 Å². The van der Waals surface area contributed by atoms with Gasteiger partial charge < -0.3 is 5.32 Å². The molecular formula is C15H20BrN3S. The minimum Gasteiger partial charge on any atom is -0.342 e. The Morgan fingerprint density at radius 1 is 1.00 bits per heavy atom. The number of anilines is 1.